The molecule has 2 aromatic rings. The highest BCUT2D eigenvalue weighted by Crippen LogP contribution is 2.07. The summed E-state index contributed by atoms with van der Waals surface area (Å²) in [7, 11) is 0. The minimum Gasteiger partial charge on any atom is -0.480 e. The van der Waals surface area contributed by atoms with Gasteiger partial charge in [0.05, 0.1) is 18.7 Å². The van der Waals surface area contributed by atoms with Gasteiger partial charge >= 0.3 is 5.97 Å². The van der Waals surface area contributed by atoms with E-state index in [1.165, 1.54) is 25.0 Å². The Labute approximate surface area is 218 Å². The number of nitrogens with one attached hydrogen (secondary N) is 5. The summed E-state index contributed by atoms with van der Waals surface area (Å²) < 4.78 is 0. The van der Waals surface area contributed by atoms with Crippen LogP contribution in [0.3, 0.4) is 0 Å². The number of nitrogens with two attached hydrogens (primary N) is 2. The Bertz CT molecular complexity index is 1070. The van der Waals surface area contributed by atoms with E-state index in [9.17, 15) is 29.1 Å². The van der Waals surface area contributed by atoms with Crippen molar-refractivity contribution in [2.24, 2.45) is 17.4 Å². The van der Waals surface area contributed by atoms with Crippen LogP contribution in [-0.4, -0.2) is 78.8 Å². The number of H-pyrrole nitrogens is 2. The highest BCUT2D eigenvalue weighted by Gasteiger charge is 2.31. The van der Waals surface area contributed by atoms with E-state index in [0.717, 1.165) is 0 Å². The van der Waals surface area contributed by atoms with Gasteiger partial charge in [0.2, 0.25) is 23.6 Å². The van der Waals surface area contributed by atoms with Crippen LogP contribution in [0.1, 0.15) is 44.5 Å². The summed E-state index contributed by atoms with van der Waals surface area (Å²) in [5.74, 6) is -4.02. The third-order valence-electron chi connectivity index (χ3n) is 5.58. The van der Waals surface area contributed by atoms with E-state index in [0.29, 0.717) is 17.8 Å². The molecule has 0 aliphatic rings. The van der Waals surface area contributed by atoms with Crippen molar-refractivity contribution in [3.05, 3.63) is 36.4 Å². The summed E-state index contributed by atoms with van der Waals surface area (Å²) in [6, 6.07) is -4.67. The number of aliphatic carboxylic acids is 1. The second-order valence-corrected chi connectivity index (χ2v) is 9.32. The second kappa shape index (κ2) is 14.5. The van der Waals surface area contributed by atoms with Crippen molar-refractivity contribution in [3.63, 3.8) is 0 Å². The molecule has 2 heterocycles. The zero-order chi connectivity index (χ0) is 28.2. The van der Waals surface area contributed by atoms with Crippen LogP contribution in [0.15, 0.2) is 25.0 Å². The number of imidazole rings is 2. The number of carbonyl (C=O) groups is 5. The first-order chi connectivity index (χ1) is 18.0. The zero-order valence-corrected chi connectivity index (χ0v) is 21.3. The van der Waals surface area contributed by atoms with Crippen LogP contribution >= 0.6 is 0 Å². The maximum atomic E-state index is 13.3. The molecular weight excluding hydrogens is 498 g/mol. The summed E-state index contributed by atoms with van der Waals surface area (Å²) in [6.07, 6.45) is 5.52. The van der Waals surface area contributed by atoms with E-state index in [2.05, 4.69) is 35.9 Å². The van der Waals surface area contributed by atoms with Crippen LogP contribution in [0, 0.1) is 5.92 Å². The summed E-state index contributed by atoms with van der Waals surface area (Å²) in [5, 5.41) is 17.1. The number of carboxylic acid groups (broad SMARTS) is 1. The lowest BCUT2D eigenvalue weighted by Gasteiger charge is -2.25. The van der Waals surface area contributed by atoms with Crippen molar-refractivity contribution in [1.82, 2.24) is 35.9 Å². The summed E-state index contributed by atoms with van der Waals surface area (Å²) >= 11 is 0. The fourth-order valence-electron chi connectivity index (χ4n) is 3.64. The van der Waals surface area contributed by atoms with Crippen molar-refractivity contribution in [2.75, 3.05) is 0 Å². The van der Waals surface area contributed by atoms with Gasteiger partial charge in [-0.05, 0) is 18.8 Å². The standard InChI is InChI=1S/C23H35N9O6/c1-12(2)5-15(24)20(34)31-17(6-13-8-26-10-28-13)22(36)30-16(3-4-19(25)33)21(35)32-18(23(37)38)7-14-9-27-11-29-14/h8-12,15-18H,3-7,24H2,1-2H3,(H2,25,33)(H,26,28)(H,27,29)(H,30,36)(H,31,34)(H,32,35)(H,37,38). The van der Waals surface area contributed by atoms with Gasteiger partial charge in [0.1, 0.15) is 18.1 Å². The maximum Gasteiger partial charge on any atom is 0.326 e. The van der Waals surface area contributed by atoms with Crippen LogP contribution in [0.2, 0.25) is 0 Å². The Morgan fingerprint density at radius 2 is 1.37 bits per heavy atom. The minimum absolute atomic E-state index is 0.00764. The molecule has 0 aliphatic heterocycles. The van der Waals surface area contributed by atoms with Crippen molar-refractivity contribution in [1.29, 1.82) is 0 Å². The van der Waals surface area contributed by atoms with E-state index < -0.39 is 53.8 Å². The molecule has 2 aromatic heterocycles. The van der Waals surface area contributed by atoms with Gasteiger partial charge in [0.15, 0.2) is 0 Å². The molecular formula is C23H35N9O6. The Kier molecular flexibility index (Phi) is 11.4. The first-order valence-electron chi connectivity index (χ1n) is 12.1. The van der Waals surface area contributed by atoms with Gasteiger partial charge in [-0.1, -0.05) is 13.8 Å². The number of rotatable bonds is 16. The molecule has 15 nitrogen and oxygen atoms in total. The fraction of sp³-hybridized carbons (Fsp3) is 0.522. The lowest BCUT2D eigenvalue weighted by atomic mass is 10.0. The molecule has 0 spiro atoms. The normalized spacial score (nSPS) is 14.2. The van der Waals surface area contributed by atoms with Crippen molar-refractivity contribution in [2.45, 2.75) is 70.1 Å². The largest absolute Gasteiger partial charge is 0.480 e. The van der Waals surface area contributed by atoms with Crippen molar-refractivity contribution in [3.8, 4) is 0 Å². The van der Waals surface area contributed by atoms with Gasteiger partial charge in [-0.15, -0.1) is 0 Å². The molecule has 38 heavy (non-hydrogen) atoms. The number of hydrogen-bond donors (Lipinski definition) is 8. The predicted molar refractivity (Wildman–Crippen MR) is 134 cm³/mol. The number of nitrogens with zero attached hydrogens (tertiary/aromatic N) is 2. The number of amides is 4. The fourth-order valence-corrected chi connectivity index (χ4v) is 3.64. The van der Waals surface area contributed by atoms with Gasteiger partial charge < -0.3 is 42.5 Å². The Morgan fingerprint density at radius 3 is 1.84 bits per heavy atom. The predicted octanol–water partition coefficient (Wildman–Crippen LogP) is -1.90. The monoisotopic (exact) mass is 533 g/mol. The van der Waals surface area contributed by atoms with Crippen molar-refractivity contribution < 1.29 is 29.1 Å². The van der Waals surface area contributed by atoms with E-state index >= 15 is 0 Å². The Hall–Kier alpha value is -4.27. The van der Waals surface area contributed by atoms with E-state index in [1.807, 2.05) is 13.8 Å². The van der Waals surface area contributed by atoms with E-state index in [1.54, 1.807) is 0 Å². The number of aromatic nitrogens is 4. The van der Waals surface area contributed by atoms with Gasteiger partial charge in [-0.25, -0.2) is 14.8 Å². The minimum atomic E-state index is -1.34. The molecule has 0 aromatic carbocycles. The topological polar surface area (TPSA) is 251 Å². The van der Waals surface area contributed by atoms with Crippen LogP contribution < -0.4 is 27.4 Å². The molecule has 4 amide bonds. The van der Waals surface area contributed by atoms with E-state index in [4.69, 9.17) is 11.5 Å². The molecule has 4 atom stereocenters. The third-order valence-corrected chi connectivity index (χ3v) is 5.58. The summed E-state index contributed by atoms with van der Waals surface area (Å²) in [6.45, 7) is 3.81. The highest BCUT2D eigenvalue weighted by atomic mass is 16.4. The zero-order valence-electron chi connectivity index (χ0n) is 21.3. The van der Waals surface area contributed by atoms with Gasteiger partial charge in [0, 0.05) is 43.0 Å². The first-order valence-corrected chi connectivity index (χ1v) is 12.1. The average molecular weight is 534 g/mol. The number of carboxylic acids is 1. The molecule has 0 radical (unpaired) electrons. The van der Waals surface area contributed by atoms with Gasteiger partial charge in [-0.3, -0.25) is 19.2 Å². The first kappa shape index (κ1) is 30.0. The van der Waals surface area contributed by atoms with Crippen LogP contribution in [0.4, 0.5) is 0 Å². The van der Waals surface area contributed by atoms with Crippen LogP contribution in [0.5, 0.6) is 0 Å². The number of hydrogen-bond acceptors (Lipinski definition) is 8. The second-order valence-electron chi connectivity index (χ2n) is 9.32. The van der Waals surface area contributed by atoms with Crippen LogP contribution in [0.25, 0.3) is 0 Å². The maximum absolute atomic E-state index is 13.3. The molecule has 0 saturated heterocycles. The number of primary amides is 1. The molecule has 208 valence electrons. The summed E-state index contributed by atoms with van der Waals surface area (Å²) in [5.41, 5.74) is 12.2. The molecule has 10 N–H and O–H groups in total. The quantitative estimate of drug-likeness (QED) is 0.120. The molecule has 0 aliphatic carbocycles. The summed E-state index contributed by atoms with van der Waals surface area (Å²) in [4.78, 5) is 75.4. The van der Waals surface area contributed by atoms with Gasteiger partial charge in [-0.2, -0.15) is 0 Å². The number of aromatic amines is 2. The van der Waals surface area contributed by atoms with Crippen molar-refractivity contribution >= 4 is 29.6 Å². The Morgan fingerprint density at radius 1 is 0.868 bits per heavy atom. The molecule has 2 rings (SSSR count). The molecule has 0 fully saturated rings. The SMILES string of the molecule is CC(C)CC(N)C(=O)NC(Cc1cnc[nH]1)C(=O)NC(CCC(N)=O)C(=O)NC(Cc1cnc[nH]1)C(=O)O. The molecule has 4 unspecified atom stereocenters. The smallest absolute Gasteiger partial charge is 0.326 e. The lowest BCUT2D eigenvalue weighted by Crippen LogP contribution is -2.58. The van der Waals surface area contributed by atoms with Crippen LogP contribution in [-0.2, 0) is 36.8 Å². The lowest BCUT2D eigenvalue weighted by molar-refractivity contribution is -0.142. The van der Waals surface area contributed by atoms with E-state index in [-0.39, 0.29) is 31.6 Å². The molecule has 0 bridgehead atoms. The Balaban J connectivity index is 2.19. The highest BCUT2D eigenvalue weighted by molar-refractivity contribution is 5.94. The van der Waals surface area contributed by atoms with Gasteiger partial charge in [0.25, 0.3) is 0 Å². The molecule has 0 saturated carbocycles. The number of carbonyl (C=O) groups excluding carboxylic acids is 4. The molecule has 15 heteroatoms. The third kappa shape index (κ3) is 10.0. The average Bonchev–Trinajstić information content (AvgIpc) is 3.54.